The molecule has 7 heteroatoms. The van der Waals surface area contributed by atoms with Crippen LogP contribution in [-0.2, 0) is 20.1 Å². The molecule has 0 fully saturated rings. The molecule has 0 saturated carbocycles. The van der Waals surface area contributed by atoms with E-state index in [0.717, 1.165) is 0 Å². The molecule has 0 radical (unpaired) electrons. The molecule has 0 N–H and O–H groups in total. The number of hydrogen-bond donors (Lipinski definition) is 0. The monoisotopic (exact) mass is 269 g/mol. The van der Waals surface area contributed by atoms with Crippen LogP contribution in [0.1, 0.15) is 12.5 Å². The van der Waals surface area contributed by atoms with Gasteiger partial charge in [0.05, 0.1) is 16.7 Å². The van der Waals surface area contributed by atoms with Crippen molar-refractivity contribution >= 4 is 33.3 Å². The third-order valence-electron chi connectivity index (χ3n) is 1.57. The Morgan fingerprint density at radius 3 is 2.33 bits per heavy atom. The molecule has 84 valence electrons. The van der Waals surface area contributed by atoms with Crippen LogP contribution in [0.25, 0.3) is 0 Å². The third kappa shape index (κ3) is 3.61. The highest BCUT2D eigenvalue weighted by molar-refractivity contribution is 7.85. The summed E-state index contributed by atoms with van der Waals surface area (Å²) in [5, 5.41) is 0.427. The highest BCUT2D eigenvalue weighted by atomic mass is 35.5. The van der Waals surface area contributed by atoms with Crippen LogP contribution >= 0.6 is 23.2 Å². The minimum atomic E-state index is -3.63. The molecule has 1 rings (SSSR count). The van der Waals surface area contributed by atoms with Gasteiger partial charge >= 0.3 is 0 Å². The maximum atomic E-state index is 11.3. The molecule has 0 bridgehead atoms. The van der Waals surface area contributed by atoms with Gasteiger partial charge in [-0.25, -0.2) is 0 Å². The van der Waals surface area contributed by atoms with Crippen LogP contribution in [0.2, 0.25) is 10.0 Å². The van der Waals surface area contributed by atoms with Gasteiger partial charge in [-0.1, -0.05) is 23.2 Å². The molecule has 0 unspecified atom stereocenters. The number of pyridine rings is 1. The van der Waals surface area contributed by atoms with E-state index in [-0.39, 0.29) is 22.4 Å². The Balaban J connectivity index is 2.99. The molecule has 0 saturated heterocycles. The first kappa shape index (κ1) is 12.7. The minimum Gasteiger partial charge on any atom is -0.270 e. The summed E-state index contributed by atoms with van der Waals surface area (Å²) in [6.07, 6.45) is 2.68. The van der Waals surface area contributed by atoms with Crippen molar-refractivity contribution in [1.82, 2.24) is 4.98 Å². The number of nitrogens with zero attached hydrogens (tertiary/aromatic N) is 1. The molecule has 0 aromatic carbocycles. The van der Waals surface area contributed by atoms with Gasteiger partial charge in [0.2, 0.25) is 0 Å². The SMILES string of the molecule is CCOS(=O)(=O)Cc1c(Cl)cncc1Cl. The second-order valence-corrected chi connectivity index (χ2v) is 5.14. The summed E-state index contributed by atoms with van der Waals surface area (Å²) in [6.45, 7) is 1.68. The lowest BCUT2D eigenvalue weighted by Crippen LogP contribution is -2.09. The molecular formula is C8H9Cl2NO3S. The van der Waals surface area contributed by atoms with Gasteiger partial charge in [0.25, 0.3) is 10.1 Å². The first-order chi connectivity index (χ1) is 6.96. The van der Waals surface area contributed by atoms with Crippen molar-refractivity contribution in [1.29, 1.82) is 0 Å². The van der Waals surface area contributed by atoms with Gasteiger partial charge in [-0.05, 0) is 6.92 Å². The zero-order chi connectivity index (χ0) is 11.5. The average Bonchev–Trinajstić information content (AvgIpc) is 2.11. The first-order valence-electron chi connectivity index (χ1n) is 4.11. The number of rotatable bonds is 4. The topological polar surface area (TPSA) is 56.3 Å². The van der Waals surface area contributed by atoms with Crippen molar-refractivity contribution in [2.75, 3.05) is 6.61 Å². The fraction of sp³-hybridized carbons (Fsp3) is 0.375. The molecule has 0 spiro atoms. The molecule has 0 aliphatic rings. The summed E-state index contributed by atoms with van der Waals surface area (Å²) in [7, 11) is -3.63. The van der Waals surface area contributed by atoms with E-state index in [1.807, 2.05) is 0 Å². The molecule has 0 amide bonds. The van der Waals surface area contributed by atoms with Gasteiger partial charge in [0.15, 0.2) is 0 Å². The minimum absolute atomic E-state index is 0.0860. The molecule has 0 atom stereocenters. The average molecular weight is 270 g/mol. The summed E-state index contributed by atoms with van der Waals surface area (Å²) >= 11 is 11.5. The largest absolute Gasteiger partial charge is 0.271 e. The van der Waals surface area contributed by atoms with Gasteiger partial charge in [-0.2, -0.15) is 8.42 Å². The number of aromatic nitrogens is 1. The first-order valence-corrected chi connectivity index (χ1v) is 6.44. The van der Waals surface area contributed by atoms with Crippen molar-refractivity contribution in [2.24, 2.45) is 0 Å². The number of hydrogen-bond acceptors (Lipinski definition) is 4. The van der Waals surface area contributed by atoms with Crippen LogP contribution in [-0.4, -0.2) is 20.0 Å². The second kappa shape index (κ2) is 5.12. The Labute approximate surface area is 98.3 Å². The molecule has 4 nitrogen and oxygen atoms in total. The molecule has 0 aliphatic heterocycles. The molecule has 1 heterocycles. The van der Waals surface area contributed by atoms with Crippen LogP contribution in [0.5, 0.6) is 0 Å². The lowest BCUT2D eigenvalue weighted by atomic mass is 10.3. The fourth-order valence-electron chi connectivity index (χ4n) is 0.974. The van der Waals surface area contributed by atoms with E-state index >= 15 is 0 Å². The van der Waals surface area contributed by atoms with Crippen LogP contribution in [0.4, 0.5) is 0 Å². The van der Waals surface area contributed by atoms with E-state index in [4.69, 9.17) is 23.2 Å². The van der Waals surface area contributed by atoms with Gasteiger partial charge in [-0.3, -0.25) is 9.17 Å². The zero-order valence-corrected chi connectivity index (χ0v) is 10.2. The summed E-state index contributed by atoms with van der Waals surface area (Å²) in [4.78, 5) is 3.72. The van der Waals surface area contributed by atoms with Crippen molar-refractivity contribution in [2.45, 2.75) is 12.7 Å². The Morgan fingerprint density at radius 2 is 1.87 bits per heavy atom. The molecule has 0 aliphatic carbocycles. The molecular weight excluding hydrogens is 261 g/mol. The van der Waals surface area contributed by atoms with Crippen LogP contribution in [0.3, 0.4) is 0 Å². The van der Waals surface area contributed by atoms with Crippen LogP contribution < -0.4 is 0 Å². The summed E-state index contributed by atoms with van der Waals surface area (Å²) in [6, 6.07) is 0. The van der Waals surface area contributed by atoms with E-state index in [1.54, 1.807) is 6.92 Å². The van der Waals surface area contributed by atoms with E-state index in [9.17, 15) is 8.42 Å². The van der Waals surface area contributed by atoms with Gasteiger partial charge < -0.3 is 0 Å². The van der Waals surface area contributed by atoms with Gasteiger partial charge in [-0.15, -0.1) is 0 Å². The molecule has 1 aromatic rings. The predicted octanol–water partition coefficient (Wildman–Crippen LogP) is 2.25. The summed E-state index contributed by atoms with van der Waals surface area (Å²) in [5.74, 6) is -0.346. The highest BCUT2D eigenvalue weighted by Gasteiger charge is 2.16. The Bertz CT molecular complexity index is 427. The Morgan fingerprint density at radius 1 is 1.33 bits per heavy atom. The standard InChI is InChI=1S/C8H9Cl2NO3S/c1-2-14-15(12,13)5-6-7(9)3-11-4-8(6)10/h3-4H,2,5H2,1H3. The van der Waals surface area contributed by atoms with E-state index in [2.05, 4.69) is 9.17 Å². The highest BCUT2D eigenvalue weighted by Crippen LogP contribution is 2.25. The molecule has 1 aromatic heterocycles. The van der Waals surface area contributed by atoms with Gasteiger partial charge in [0, 0.05) is 18.0 Å². The van der Waals surface area contributed by atoms with Crippen LogP contribution in [0, 0.1) is 0 Å². The Hall–Kier alpha value is -0.360. The maximum Gasteiger partial charge on any atom is 0.271 e. The second-order valence-electron chi connectivity index (χ2n) is 2.69. The smallest absolute Gasteiger partial charge is 0.270 e. The number of halogens is 2. The molecule has 15 heavy (non-hydrogen) atoms. The normalized spacial score (nSPS) is 11.7. The van der Waals surface area contributed by atoms with Crippen molar-refractivity contribution in [3.8, 4) is 0 Å². The predicted molar refractivity (Wildman–Crippen MR) is 58.5 cm³/mol. The van der Waals surface area contributed by atoms with Crippen LogP contribution in [0.15, 0.2) is 12.4 Å². The third-order valence-corrected chi connectivity index (χ3v) is 3.46. The maximum absolute atomic E-state index is 11.3. The summed E-state index contributed by atoms with van der Waals surface area (Å²) < 4.78 is 27.3. The Kier molecular flexibility index (Phi) is 4.33. The van der Waals surface area contributed by atoms with E-state index < -0.39 is 10.1 Å². The lowest BCUT2D eigenvalue weighted by molar-refractivity contribution is 0.337. The van der Waals surface area contributed by atoms with Crippen molar-refractivity contribution < 1.29 is 12.6 Å². The van der Waals surface area contributed by atoms with Crippen molar-refractivity contribution in [3.05, 3.63) is 28.0 Å². The fourth-order valence-corrected chi connectivity index (χ4v) is 2.74. The summed E-state index contributed by atoms with van der Waals surface area (Å²) in [5.41, 5.74) is 0.307. The van der Waals surface area contributed by atoms with Gasteiger partial charge in [0.1, 0.15) is 5.75 Å². The van der Waals surface area contributed by atoms with E-state index in [0.29, 0.717) is 5.56 Å². The quantitative estimate of drug-likeness (QED) is 0.787. The zero-order valence-electron chi connectivity index (χ0n) is 7.91. The van der Waals surface area contributed by atoms with E-state index in [1.165, 1.54) is 12.4 Å². The van der Waals surface area contributed by atoms with Crippen molar-refractivity contribution in [3.63, 3.8) is 0 Å². The lowest BCUT2D eigenvalue weighted by Gasteiger charge is -2.06.